The summed E-state index contributed by atoms with van der Waals surface area (Å²) in [6, 6.07) is 12.0. The van der Waals surface area contributed by atoms with E-state index in [1.165, 1.54) is 4.90 Å². The number of ether oxygens (including phenoxy) is 1. The number of hydrogen-bond donors (Lipinski definition) is 2. The van der Waals surface area contributed by atoms with Gasteiger partial charge in [0.2, 0.25) is 5.91 Å². The molecule has 1 aromatic heterocycles. The first-order valence-corrected chi connectivity index (χ1v) is 13.2. The van der Waals surface area contributed by atoms with Crippen molar-refractivity contribution in [3.8, 4) is 0 Å². The largest absolute Gasteiger partial charge is 0.376 e. The van der Waals surface area contributed by atoms with Gasteiger partial charge >= 0.3 is 0 Å². The molecule has 2 aliphatic rings. The van der Waals surface area contributed by atoms with E-state index in [1.54, 1.807) is 0 Å². The summed E-state index contributed by atoms with van der Waals surface area (Å²) in [7, 11) is 0. The highest BCUT2D eigenvalue weighted by Gasteiger charge is 2.32. The maximum Gasteiger partial charge on any atom is 0.281 e. The van der Waals surface area contributed by atoms with Crippen LogP contribution in [0.3, 0.4) is 0 Å². The predicted molar refractivity (Wildman–Crippen MR) is 150 cm³/mol. The normalized spacial score (nSPS) is 18.7. The molecule has 2 N–H and O–H groups in total. The lowest BCUT2D eigenvalue weighted by molar-refractivity contribution is -0.122. The Morgan fingerprint density at radius 3 is 2.81 bits per heavy atom. The maximum absolute atomic E-state index is 13.4. The van der Waals surface area contributed by atoms with Gasteiger partial charge in [0.25, 0.3) is 5.91 Å². The van der Waals surface area contributed by atoms with Crippen LogP contribution in [0.4, 0.5) is 5.69 Å². The topological polar surface area (TPSA) is 75.6 Å². The Morgan fingerprint density at radius 1 is 1.24 bits per heavy atom. The Labute approximate surface area is 222 Å². The first-order valence-electron chi connectivity index (χ1n) is 12.8. The van der Waals surface area contributed by atoms with Crippen LogP contribution in [0.15, 0.2) is 48.3 Å². The maximum atomic E-state index is 13.4. The summed E-state index contributed by atoms with van der Waals surface area (Å²) in [5, 5.41) is 7.45. The van der Waals surface area contributed by atoms with E-state index in [-0.39, 0.29) is 24.5 Å². The second-order valence-corrected chi connectivity index (χ2v) is 10.1. The van der Waals surface area contributed by atoms with Gasteiger partial charge in [-0.2, -0.15) is 0 Å². The van der Waals surface area contributed by atoms with Crippen LogP contribution in [-0.2, 0) is 27.3 Å². The number of carbonyl (C=O) groups is 2. The van der Waals surface area contributed by atoms with E-state index in [2.05, 4.69) is 23.6 Å². The van der Waals surface area contributed by atoms with Crippen LogP contribution in [0.5, 0.6) is 0 Å². The molecule has 3 aromatic rings. The van der Waals surface area contributed by atoms with Crippen molar-refractivity contribution in [3.05, 3.63) is 70.5 Å². The molecule has 5 rings (SSSR count). The third-order valence-corrected chi connectivity index (χ3v) is 7.47. The number of nitrogens with zero attached hydrogens (tertiary/aromatic N) is 2. The molecular weight excluding hydrogens is 484 g/mol. The number of amides is 2. The van der Waals surface area contributed by atoms with E-state index in [0.29, 0.717) is 17.4 Å². The minimum absolute atomic E-state index is 0.0605. The summed E-state index contributed by atoms with van der Waals surface area (Å²) in [5.41, 5.74) is 6.41. The molecule has 2 aliphatic heterocycles. The lowest BCUT2D eigenvalue weighted by atomic mass is 10.1. The number of carbonyl (C=O) groups excluding carboxylic acids is 2. The lowest BCUT2D eigenvalue weighted by Crippen LogP contribution is -2.34. The van der Waals surface area contributed by atoms with E-state index < -0.39 is 0 Å². The summed E-state index contributed by atoms with van der Waals surface area (Å²) < 4.78 is 7.60. The Kier molecular flexibility index (Phi) is 7.13. The van der Waals surface area contributed by atoms with Gasteiger partial charge in [-0.15, -0.1) is 0 Å². The molecule has 2 amide bonds. The van der Waals surface area contributed by atoms with Crippen LogP contribution in [0, 0.1) is 13.8 Å². The highest BCUT2D eigenvalue weighted by molar-refractivity contribution is 7.80. The predicted octanol–water partition coefficient (Wildman–Crippen LogP) is 4.38. The fourth-order valence-electron chi connectivity index (χ4n) is 5.02. The van der Waals surface area contributed by atoms with Gasteiger partial charge in [0.05, 0.1) is 17.3 Å². The molecule has 1 atom stereocenters. The van der Waals surface area contributed by atoms with Gasteiger partial charge in [0.1, 0.15) is 12.2 Å². The zero-order valence-corrected chi connectivity index (χ0v) is 22.3. The average Bonchev–Trinajstić information content (AvgIpc) is 3.59. The number of anilines is 1. The van der Waals surface area contributed by atoms with Crippen LogP contribution >= 0.6 is 12.2 Å². The van der Waals surface area contributed by atoms with E-state index in [9.17, 15) is 9.59 Å². The van der Waals surface area contributed by atoms with Crippen LogP contribution in [0.1, 0.15) is 42.0 Å². The zero-order valence-electron chi connectivity index (χ0n) is 21.5. The van der Waals surface area contributed by atoms with E-state index in [1.807, 2.05) is 61.0 Å². The number of para-hydroxylation sites is 1. The number of nitrogens with one attached hydrogen (secondary N) is 2. The second kappa shape index (κ2) is 10.5. The number of aryl methyl sites for hydroxylation is 3. The summed E-state index contributed by atoms with van der Waals surface area (Å²) in [6.45, 7) is 7.64. The van der Waals surface area contributed by atoms with Crippen molar-refractivity contribution in [1.82, 2.24) is 15.2 Å². The van der Waals surface area contributed by atoms with Crippen molar-refractivity contribution in [2.45, 2.75) is 52.7 Å². The quantitative estimate of drug-likeness (QED) is 0.360. The number of thiocarbonyl (C=S) groups is 1. The molecule has 0 bridgehead atoms. The SMILES string of the molecule is CCc1cccc2c(/C=C3\NC(=S)N(c4ccc(C)c(C)c4)C3=O)cn(CC(=O)NC[C@H]3CCCO3)c12. The Morgan fingerprint density at radius 2 is 2.08 bits per heavy atom. The van der Waals surface area contributed by atoms with Gasteiger partial charge in [0.15, 0.2) is 5.11 Å². The van der Waals surface area contributed by atoms with Crippen LogP contribution < -0.4 is 15.5 Å². The van der Waals surface area contributed by atoms with Gasteiger partial charge in [0, 0.05) is 30.3 Å². The molecule has 8 heteroatoms. The molecular formula is C29H32N4O3S. The summed E-state index contributed by atoms with van der Waals surface area (Å²) >= 11 is 5.53. The van der Waals surface area contributed by atoms with Crippen molar-refractivity contribution in [3.63, 3.8) is 0 Å². The Balaban J connectivity index is 1.45. The second-order valence-electron chi connectivity index (χ2n) is 9.72. The van der Waals surface area contributed by atoms with Gasteiger partial charge in [-0.1, -0.05) is 31.2 Å². The fourth-order valence-corrected chi connectivity index (χ4v) is 5.32. The van der Waals surface area contributed by atoms with Gasteiger partial charge in [-0.05, 0) is 80.2 Å². The number of aromatic nitrogens is 1. The molecule has 2 fully saturated rings. The monoisotopic (exact) mass is 516 g/mol. The first-order chi connectivity index (χ1) is 17.9. The van der Waals surface area contributed by atoms with Gasteiger partial charge < -0.3 is 19.9 Å². The lowest BCUT2D eigenvalue weighted by Gasteiger charge is -2.15. The molecule has 0 aliphatic carbocycles. The van der Waals surface area contributed by atoms with Crippen LogP contribution in [-0.4, -0.2) is 40.7 Å². The molecule has 7 nitrogen and oxygen atoms in total. The smallest absolute Gasteiger partial charge is 0.281 e. The van der Waals surface area contributed by atoms with Crippen LogP contribution in [0.2, 0.25) is 0 Å². The highest BCUT2D eigenvalue weighted by Crippen LogP contribution is 2.29. The van der Waals surface area contributed by atoms with E-state index >= 15 is 0 Å². The molecule has 37 heavy (non-hydrogen) atoms. The fraction of sp³-hybridized carbons (Fsp3) is 0.345. The third-order valence-electron chi connectivity index (χ3n) is 7.19. The molecule has 2 saturated heterocycles. The standard InChI is InChI=1S/C29H32N4O3S/c1-4-20-7-5-9-24-21(16-32(27(20)24)17-26(34)30-15-23-8-6-12-36-23)14-25-28(35)33(29(37)31-25)22-11-10-18(2)19(3)13-22/h5,7,9-11,13-14,16,23H,4,6,8,12,15,17H2,1-3H3,(H,30,34)(H,31,37)/b25-14-/t23-/m1/s1. The molecule has 0 unspecified atom stereocenters. The van der Waals surface area contributed by atoms with Gasteiger partial charge in [-0.25, -0.2) is 0 Å². The Bertz CT molecular complexity index is 1420. The van der Waals surface area contributed by atoms with E-state index in [4.69, 9.17) is 17.0 Å². The number of rotatable bonds is 7. The molecule has 192 valence electrons. The minimum atomic E-state index is -0.199. The molecule has 0 saturated carbocycles. The molecule has 0 spiro atoms. The van der Waals surface area contributed by atoms with Crippen molar-refractivity contribution in [1.29, 1.82) is 0 Å². The van der Waals surface area contributed by atoms with Gasteiger partial charge in [-0.3, -0.25) is 14.5 Å². The average molecular weight is 517 g/mol. The summed E-state index contributed by atoms with van der Waals surface area (Å²) in [5.74, 6) is -0.259. The highest BCUT2D eigenvalue weighted by atomic mass is 32.1. The van der Waals surface area contributed by atoms with E-state index in [0.717, 1.165) is 64.7 Å². The number of fused-ring (bicyclic) bond motifs is 1. The molecule has 0 radical (unpaired) electrons. The van der Waals surface area contributed by atoms with Crippen molar-refractivity contribution in [2.75, 3.05) is 18.1 Å². The zero-order chi connectivity index (χ0) is 26.1. The van der Waals surface area contributed by atoms with Crippen LogP contribution in [0.25, 0.3) is 17.0 Å². The molecule has 3 heterocycles. The summed E-state index contributed by atoms with van der Waals surface area (Å²) in [4.78, 5) is 27.7. The van der Waals surface area contributed by atoms with Crippen molar-refractivity contribution in [2.24, 2.45) is 0 Å². The van der Waals surface area contributed by atoms with Crippen molar-refractivity contribution < 1.29 is 14.3 Å². The first kappa shape index (κ1) is 25.2. The third kappa shape index (κ3) is 5.04. The Hall–Kier alpha value is -3.49. The number of benzene rings is 2. The minimum Gasteiger partial charge on any atom is -0.376 e. The van der Waals surface area contributed by atoms with Crippen molar-refractivity contribution >= 4 is 51.8 Å². The number of hydrogen-bond acceptors (Lipinski definition) is 4. The molecule has 2 aromatic carbocycles. The summed E-state index contributed by atoms with van der Waals surface area (Å²) in [6.07, 6.45) is 6.72.